The minimum atomic E-state index is -2.55. The van der Waals surface area contributed by atoms with Crippen molar-refractivity contribution in [3.8, 4) is 0 Å². The van der Waals surface area contributed by atoms with Crippen LogP contribution in [-0.4, -0.2) is 23.9 Å². The van der Waals surface area contributed by atoms with Gasteiger partial charge in [0.2, 0.25) is 6.61 Å². The van der Waals surface area contributed by atoms with Crippen LogP contribution in [0.3, 0.4) is 0 Å². The zero-order valence-corrected chi connectivity index (χ0v) is 8.14. The molecule has 86 valence electrons. The summed E-state index contributed by atoms with van der Waals surface area (Å²) >= 11 is 0. The molecule has 1 rings (SSSR count). The average Bonchev–Trinajstić information content (AvgIpc) is 2.24. The number of alkyl halides is 2. The molecule has 4 nitrogen and oxygen atoms in total. The van der Waals surface area contributed by atoms with Crippen LogP contribution >= 0.6 is 0 Å². The predicted molar refractivity (Wildman–Crippen MR) is 52.6 cm³/mol. The number of oxime groups is 1. The van der Waals surface area contributed by atoms with Gasteiger partial charge in [0.1, 0.15) is 0 Å². The fraction of sp³-hybridized carbons (Fsp3) is 0.200. The number of aliphatic carboxylic acids is 1. The van der Waals surface area contributed by atoms with Gasteiger partial charge in [0.25, 0.3) is 6.43 Å². The second-order valence-electron chi connectivity index (χ2n) is 2.87. The maximum absolute atomic E-state index is 12.3. The summed E-state index contributed by atoms with van der Waals surface area (Å²) < 4.78 is 24.6. The Morgan fingerprint density at radius 3 is 2.94 bits per heavy atom. The van der Waals surface area contributed by atoms with E-state index in [4.69, 9.17) is 5.11 Å². The number of carbonyl (C=O) groups is 1. The normalized spacial score (nSPS) is 10.9. The molecule has 0 spiro atoms. The van der Waals surface area contributed by atoms with Gasteiger partial charge in [-0.3, -0.25) is 0 Å². The van der Waals surface area contributed by atoms with Crippen LogP contribution in [-0.2, 0) is 9.63 Å². The van der Waals surface area contributed by atoms with Crippen LogP contribution in [0.5, 0.6) is 0 Å². The van der Waals surface area contributed by atoms with Gasteiger partial charge in [-0.2, -0.15) is 0 Å². The summed E-state index contributed by atoms with van der Waals surface area (Å²) in [5.74, 6) is -1.15. The molecule has 0 saturated carbocycles. The molecule has 1 aromatic carbocycles. The zero-order chi connectivity index (χ0) is 12.0. The van der Waals surface area contributed by atoms with E-state index in [1.54, 1.807) is 6.07 Å². The van der Waals surface area contributed by atoms with E-state index in [0.717, 1.165) is 0 Å². The lowest BCUT2D eigenvalue weighted by atomic mass is 10.1. The largest absolute Gasteiger partial charge is 0.479 e. The van der Waals surface area contributed by atoms with Crippen LogP contribution in [0.4, 0.5) is 8.78 Å². The first-order valence-corrected chi connectivity index (χ1v) is 4.35. The smallest absolute Gasteiger partial charge is 0.344 e. The number of rotatable bonds is 5. The van der Waals surface area contributed by atoms with Gasteiger partial charge in [-0.1, -0.05) is 23.4 Å². The third-order valence-corrected chi connectivity index (χ3v) is 1.63. The highest BCUT2D eigenvalue weighted by molar-refractivity contribution is 5.79. The topological polar surface area (TPSA) is 58.9 Å². The summed E-state index contributed by atoms with van der Waals surface area (Å²) in [5, 5.41) is 11.6. The first-order valence-electron chi connectivity index (χ1n) is 4.35. The molecule has 1 N–H and O–H groups in total. The lowest BCUT2D eigenvalue weighted by Crippen LogP contribution is -2.03. The van der Waals surface area contributed by atoms with E-state index in [9.17, 15) is 13.6 Å². The molecule has 0 aliphatic rings. The van der Waals surface area contributed by atoms with Crippen LogP contribution in [0, 0.1) is 0 Å². The lowest BCUT2D eigenvalue weighted by molar-refractivity contribution is -0.142. The quantitative estimate of drug-likeness (QED) is 0.621. The van der Waals surface area contributed by atoms with Crippen molar-refractivity contribution < 1.29 is 23.5 Å². The highest BCUT2D eigenvalue weighted by atomic mass is 19.3. The second-order valence-corrected chi connectivity index (χ2v) is 2.87. The molecule has 0 aliphatic carbocycles. The first-order chi connectivity index (χ1) is 7.59. The number of carboxylic acids is 1. The third-order valence-electron chi connectivity index (χ3n) is 1.63. The monoisotopic (exact) mass is 229 g/mol. The van der Waals surface area contributed by atoms with Crippen molar-refractivity contribution in [3.05, 3.63) is 35.4 Å². The van der Waals surface area contributed by atoms with Crippen LogP contribution < -0.4 is 0 Å². The molecule has 0 atom stereocenters. The molecule has 0 bridgehead atoms. The molecular formula is C10H9F2NO3. The molecule has 16 heavy (non-hydrogen) atoms. The van der Waals surface area contributed by atoms with Crippen molar-refractivity contribution >= 4 is 12.2 Å². The number of hydrogen-bond donors (Lipinski definition) is 1. The van der Waals surface area contributed by atoms with E-state index < -0.39 is 19.0 Å². The second kappa shape index (κ2) is 5.79. The Morgan fingerprint density at radius 2 is 2.31 bits per heavy atom. The van der Waals surface area contributed by atoms with E-state index in [1.165, 1.54) is 24.4 Å². The summed E-state index contributed by atoms with van der Waals surface area (Å²) in [4.78, 5) is 14.4. The molecule has 6 heteroatoms. The Balaban J connectivity index is 2.59. The summed E-state index contributed by atoms with van der Waals surface area (Å²) in [6.07, 6.45) is -1.37. The van der Waals surface area contributed by atoms with Crippen LogP contribution in [0.2, 0.25) is 0 Å². The van der Waals surface area contributed by atoms with Crippen molar-refractivity contribution in [1.82, 2.24) is 0 Å². The minimum absolute atomic E-state index is 0.123. The van der Waals surface area contributed by atoms with E-state index >= 15 is 0 Å². The van der Waals surface area contributed by atoms with Gasteiger partial charge >= 0.3 is 5.97 Å². The van der Waals surface area contributed by atoms with E-state index in [1.807, 2.05) is 0 Å². The van der Waals surface area contributed by atoms with Crippen molar-refractivity contribution in [1.29, 1.82) is 0 Å². The van der Waals surface area contributed by atoms with Gasteiger partial charge in [-0.15, -0.1) is 0 Å². The molecule has 1 aromatic rings. The lowest BCUT2D eigenvalue weighted by Gasteiger charge is -1.99. The fourth-order valence-corrected chi connectivity index (χ4v) is 0.966. The Hall–Kier alpha value is -1.98. The van der Waals surface area contributed by atoms with Gasteiger partial charge in [-0.25, -0.2) is 13.6 Å². The molecule has 0 radical (unpaired) electrons. The highest BCUT2D eigenvalue weighted by Gasteiger charge is 2.05. The first kappa shape index (κ1) is 12.1. The van der Waals surface area contributed by atoms with Crippen molar-refractivity contribution in [2.24, 2.45) is 5.16 Å². The fourth-order valence-electron chi connectivity index (χ4n) is 0.966. The van der Waals surface area contributed by atoms with Crippen LogP contribution in [0.25, 0.3) is 0 Å². The van der Waals surface area contributed by atoms with Crippen molar-refractivity contribution in [2.75, 3.05) is 6.61 Å². The molecule has 0 heterocycles. The Morgan fingerprint density at radius 1 is 1.56 bits per heavy atom. The predicted octanol–water partition coefficient (Wildman–Crippen LogP) is 2.06. The van der Waals surface area contributed by atoms with Gasteiger partial charge < -0.3 is 9.94 Å². The molecule has 0 aromatic heterocycles. The van der Waals surface area contributed by atoms with Gasteiger partial charge in [0.15, 0.2) is 0 Å². The molecule has 0 aliphatic heterocycles. The van der Waals surface area contributed by atoms with Gasteiger partial charge in [-0.05, 0) is 11.6 Å². The Kier molecular flexibility index (Phi) is 4.38. The third kappa shape index (κ3) is 4.04. The average molecular weight is 229 g/mol. The van der Waals surface area contributed by atoms with Crippen molar-refractivity contribution in [3.63, 3.8) is 0 Å². The Bertz CT molecular complexity index is 393. The SMILES string of the molecule is O=C(O)CO/N=C/c1cccc(C(F)F)c1. The van der Waals surface area contributed by atoms with Gasteiger partial charge in [0.05, 0.1) is 6.21 Å². The molecule has 0 saturated heterocycles. The van der Waals surface area contributed by atoms with E-state index in [2.05, 4.69) is 9.99 Å². The minimum Gasteiger partial charge on any atom is -0.479 e. The Labute approximate surface area is 90.1 Å². The molecule has 0 unspecified atom stereocenters. The van der Waals surface area contributed by atoms with Crippen LogP contribution in [0.1, 0.15) is 17.6 Å². The maximum Gasteiger partial charge on any atom is 0.344 e. The van der Waals surface area contributed by atoms with Crippen LogP contribution in [0.15, 0.2) is 29.4 Å². The maximum atomic E-state index is 12.3. The standard InChI is InChI=1S/C10H9F2NO3/c11-10(12)8-3-1-2-7(4-8)5-13-16-6-9(14)15/h1-5,10H,6H2,(H,14,15)/b13-5+. The molecule has 0 amide bonds. The van der Waals surface area contributed by atoms with E-state index in [-0.39, 0.29) is 5.56 Å². The number of nitrogens with zero attached hydrogens (tertiary/aromatic N) is 1. The summed E-state index contributed by atoms with van der Waals surface area (Å²) in [6.45, 7) is -0.564. The zero-order valence-electron chi connectivity index (χ0n) is 8.14. The summed E-state index contributed by atoms with van der Waals surface area (Å²) in [6, 6.07) is 5.55. The van der Waals surface area contributed by atoms with Gasteiger partial charge in [0, 0.05) is 5.56 Å². The summed E-state index contributed by atoms with van der Waals surface area (Å²) in [5.41, 5.74) is 0.297. The highest BCUT2D eigenvalue weighted by Crippen LogP contribution is 2.18. The number of halogens is 2. The summed E-state index contributed by atoms with van der Waals surface area (Å²) in [7, 11) is 0. The van der Waals surface area contributed by atoms with Crippen molar-refractivity contribution in [2.45, 2.75) is 6.43 Å². The molecular weight excluding hydrogens is 220 g/mol. The number of benzene rings is 1. The number of carboxylic acid groups (broad SMARTS) is 1. The van der Waals surface area contributed by atoms with E-state index in [0.29, 0.717) is 5.56 Å². The molecule has 0 fully saturated rings. The number of hydrogen-bond acceptors (Lipinski definition) is 3.